The van der Waals surface area contributed by atoms with E-state index in [-0.39, 0.29) is 12.3 Å². The van der Waals surface area contributed by atoms with Crippen LogP contribution >= 0.6 is 0 Å². The molecule has 0 saturated heterocycles. The van der Waals surface area contributed by atoms with Crippen molar-refractivity contribution in [2.45, 2.75) is 13.0 Å². The summed E-state index contributed by atoms with van der Waals surface area (Å²) in [5.74, 6) is -0.442. The van der Waals surface area contributed by atoms with Crippen LogP contribution in [-0.4, -0.2) is 29.1 Å². The van der Waals surface area contributed by atoms with Crippen LogP contribution in [0.1, 0.15) is 21.5 Å². The van der Waals surface area contributed by atoms with Crippen molar-refractivity contribution in [3.63, 3.8) is 0 Å². The van der Waals surface area contributed by atoms with Crippen LogP contribution in [-0.2, 0) is 17.8 Å². The van der Waals surface area contributed by atoms with Crippen LogP contribution in [0.4, 0.5) is 0 Å². The monoisotopic (exact) mass is 350 g/mol. The first-order valence-electron chi connectivity index (χ1n) is 8.07. The van der Waals surface area contributed by atoms with Gasteiger partial charge in [0, 0.05) is 35.3 Å². The van der Waals surface area contributed by atoms with Gasteiger partial charge in [-0.15, -0.1) is 0 Å². The number of carbonyl (C=O) groups excluding carboxylic acids is 1. The maximum absolute atomic E-state index is 12.6. The summed E-state index contributed by atoms with van der Waals surface area (Å²) in [6.45, 7) is 0.310. The molecule has 0 radical (unpaired) electrons. The Morgan fingerprint density at radius 3 is 2.69 bits per heavy atom. The van der Waals surface area contributed by atoms with E-state index >= 15 is 0 Å². The zero-order valence-electron chi connectivity index (χ0n) is 14.2. The number of fused-ring (bicyclic) bond motifs is 1. The fourth-order valence-corrected chi connectivity index (χ4v) is 2.84. The lowest BCUT2D eigenvalue weighted by molar-refractivity contribution is -0.136. The zero-order valence-corrected chi connectivity index (χ0v) is 14.2. The van der Waals surface area contributed by atoms with E-state index in [0.29, 0.717) is 23.4 Å². The SMILES string of the molecule is COc1ccc(C(=O)NCc2cccc(CC(=O)O)c2)c2ccncc12. The van der Waals surface area contributed by atoms with Gasteiger partial charge in [0.1, 0.15) is 5.75 Å². The average molecular weight is 350 g/mol. The minimum Gasteiger partial charge on any atom is -0.496 e. The lowest BCUT2D eigenvalue weighted by atomic mass is 10.0. The molecule has 0 atom stereocenters. The van der Waals surface area contributed by atoms with Gasteiger partial charge in [0.2, 0.25) is 0 Å². The maximum atomic E-state index is 12.6. The largest absolute Gasteiger partial charge is 0.496 e. The van der Waals surface area contributed by atoms with Gasteiger partial charge in [-0.1, -0.05) is 24.3 Å². The first-order valence-corrected chi connectivity index (χ1v) is 8.07. The predicted molar refractivity (Wildman–Crippen MR) is 97.2 cm³/mol. The van der Waals surface area contributed by atoms with Crippen LogP contribution in [0.5, 0.6) is 5.75 Å². The molecule has 1 aromatic heterocycles. The van der Waals surface area contributed by atoms with Crippen molar-refractivity contribution < 1.29 is 19.4 Å². The summed E-state index contributed by atoms with van der Waals surface area (Å²) < 4.78 is 5.32. The van der Waals surface area contributed by atoms with Gasteiger partial charge in [0.15, 0.2) is 0 Å². The number of aliphatic carboxylic acids is 1. The van der Waals surface area contributed by atoms with Gasteiger partial charge in [-0.25, -0.2) is 0 Å². The fourth-order valence-electron chi connectivity index (χ4n) is 2.84. The number of hydrogen-bond donors (Lipinski definition) is 2. The van der Waals surface area contributed by atoms with Crippen LogP contribution < -0.4 is 10.1 Å². The Morgan fingerprint density at radius 1 is 1.12 bits per heavy atom. The highest BCUT2D eigenvalue weighted by Gasteiger charge is 2.13. The molecule has 3 aromatic rings. The van der Waals surface area contributed by atoms with Crippen molar-refractivity contribution >= 4 is 22.6 Å². The Balaban J connectivity index is 1.79. The summed E-state index contributed by atoms with van der Waals surface area (Å²) >= 11 is 0. The lowest BCUT2D eigenvalue weighted by Crippen LogP contribution is -2.23. The van der Waals surface area contributed by atoms with Crippen LogP contribution in [0.15, 0.2) is 54.9 Å². The molecule has 26 heavy (non-hydrogen) atoms. The van der Waals surface area contributed by atoms with E-state index < -0.39 is 5.97 Å². The summed E-state index contributed by atoms with van der Waals surface area (Å²) in [7, 11) is 1.58. The summed E-state index contributed by atoms with van der Waals surface area (Å²) in [5.41, 5.74) is 2.08. The second kappa shape index (κ2) is 7.65. The third kappa shape index (κ3) is 3.80. The lowest BCUT2D eigenvalue weighted by Gasteiger charge is -2.11. The van der Waals surface area contributed by atoms with Crippen molar-refractivity contribution in [2.75, 3.05) is 7.11 Å². The Kier molecular flexibility index (Phi) is 5.12. The quantitative estimate of drug-likeness (QED) is 0.714. The molecule has 0 fully saturated rings. The third-order valence-corrected chi connectivity index (χ3v) is 4.04. The van der Waals surface area contributed by atoms with Gasteiger partial charge < -0.3 is 15.2 Å². The first-order chi connectivity index (χ1) is 12.6. The Hall–Kier alpha value is -3.41. The molecule has 0 bridgehead atoms. The summed E-state index contributed by atoms with van der Waals surface area (Å²) in [6.07, 6.45) is 3.26. The van der Waals surface area contributed by atoms with Crippen LogP contribution in [0, 0.1) is 0 Å². The Bertz CT molecular complexity index is 969. The van der Waals surface area contributed by atoms with Gasteiger partial charge in [0.05, 0.1) is 13.5 Å². The second-order valence-corrected chi connectivity index (χ2v) is 5.81. The highest BCUT2D eigenvalue weighted by molar-refractivity contribution is 6.08. The molecule has 132 valence electrons. The van der Waals surface area contributed by atoms with Gasteiger partial charge in [-0.05, 0) is 29.3 Å². The summed E-state index contributed by atoms with van der Waals surface area (Å²) in [5, 5.41) is 13.3. The van der Waals surface area contributed by atoms with Crippen molar-refractivity contribution in [1.29, 1.82) is 0 Å². The zero-order chi connectivity index (χ0) is 18.5. The number of pyridine rings is 1. The minimum atomic E-state index is -0.885. The minimum absolute atomic E-state index is 0.0437. The predicted octanol–water partition coefficient (Wildman–Crippen LogP) is 2.80. The van der Waals surface area contributed by atoms with Gasteiger partial charge in [0.25, 0.3) is 5.91 Å². The van der Waals surface area contributed by atoms with Crippen LogP contribution in [0.2, 0.25) is 0 Å². The number of nitrogens with zero attached hydrogens (tertiary/aromatic N) is 1. The van der Waals surface area contributed by atoms with Crippen molar-refractivity contribution in [3.05, 3.63) is 71.5 Å². The van der Waals surface area contributed by atoms with Crippen LogP contribution in [0.3, 0.4) is 0 Å². The molecule has 0 aliphatic heterocycles. The molecule has 0 aliphatic rings. The number of amides is 1. The van der Waals surface area contributed by atoms with E-state index in [1.165, 1.54) is 0 Å². The number of carboxylic acids is 1. The normalized spacial score (nSPS) is 10.5. The third-order valence-electron chi connectivity index (χ3n) is 4.04. The molecule has 0 spiro atoms. The number of carboxylic acid groups (broad SMARTS) is 1. The Morgan fingerprint density at radius 2 is 1.92 bits per heavy atom. The number of benzene rings is 2. The summed E-state index contributed by atoms with van der Waals surface area (Å²) in [4.78, 5) is 27.5. The highest BCUT2D eigenvalue weighted by atomic mass is 16.5. The van der Waals surface area contributed by atoms with E-state index in [1.54, 1.807) is 55.9 Å². The van der Waals surface area contributed by atoms with E-state index in [9.17, 15) is 9.59 Å². The van der Waals surface area contributed by atoms with Crippen molar-refractivity contribution in [3.8, 4) is 5.75 Å². The van der Waals surface area contributed by atoms with Gasteiger partial charge in [-0.2, -0.15) is 0 Å². The molecule has 0 unspecified atom stereocenters. The number of aromatic nitrogens is 1. The number of nitrogens with one attached hydrogen (secondary N) is 1. The topological polar surface area (TPSA) is 88.5 Å². The van der Waals surface area contributed by atoms with E-state index in [4.69, 9.17) is 9.84 Å². The molecule has 2 N–H and O–H groups in total. The van der Waals surface area contributed by atoms with Crippen LogP contribution in [0.25, 0.3) is 10.8 Å². The van der Waals surface area contributed by atoms with E-state index in [0.717, 1.165) is 16.3 Å². The fraction of sp³-hybridized carbons (Fsp3) is 0.150. The molecule has 1 heterocycles. The number of methoxy groups -OCH3 is 1. The molecule has 3 rings (SSSR count). The number of hydrogen-bond acceptors (Lipinski definition) is 4. The maximum Gasteiger partial charge on any atom is 0.307 e. The molecule has 6 nitrogen and oxygen atoms in total. The first kappa shape index (κ1) is 17.4. The van der Waals surface area contributed by atoms with E-state index in [1.807, 2.05) is 6.07 Å². The number of rotatable bonds is 6. The molecule has 0 aliphatic carbocycles. The molecule has 2 aromatic carbocycles. The van der Waals surface area contributed by atoms with Crippen molar-refractivity contribution in [1.82, 2.24) is 10.3 Å². The second-order valence-electron chi connectivity index (χ2n) is 5.81. The van der Waals surface area contributed by atoms with Gasteiger partial charge >= 0.3 is 5.97 Å². The summed E-state index contributed by atoms with van der Waals surface area (Å²) in [6, 6.07) is 12.4. The molecule has 0 saturated carbocycles. The van der Waals surface area contributed by atoms with Crippen molar-refractivity contribution in [2.24, 2.45) is 0 Å². The molecular formula is C20H18N2O4. The smallest absolute Gasteiger partial charge is 0.307 e. The number of ether oxygens (including phenoxy) is 1. The highest BCUT2D eigenvalue weighted by Crippen LogP contribution is 2.27. The van der Waals surface area contributed by atoms with E-state index in [2.05, 4.69) is 10.3 Å². The van der Waals surface area contributed by atoms with Gasteiger partial charge in [-0.3, -0.25) is 14.6 Å². The Labute approximate surface area is 150 Å². The molecular weight excluding hydrogens is 332 g/mol. The average Bonchev–Trinajstić information content (AvgIpc) is 2.65. The number of carbonyl (C=O) groups is 2. The molecule has 1 amide bonds. The molecule has 6 heteroatoms. The standard InChI is InChI=1S/C20H18N2O4/c1-26-18-6-5-16(15-7-8-21-12-17(15)18)20(25)22-11-14-4-2-3-13(9-14)10-19(23)24/h2-9,12H,10-11H2,1H3,(H,22,25)(H,23,24).